The molecule has 3 N–H and O–H groups in total. The highest BCUT2D eigenvalue weighted by Gasteiger charge is 2.17. The summed E-state index contributed by atoms with van der Waals surface area (Å²) in [4.78, 5) is 4.52. The highest BCUT2D eigenvalue weighted by molar-refractivity contribution is 7.89. The number of guanidine groups is 1. The molecule has 1 aromatic heterocycles. The maximum Gasteiger partial charge on any atom is 0.213 e. The van der Waals surface area contributed by atoms with Crippen LogP contribution in [0.1, 0.15) is 44.0 Å². The van der Waals surface area contributed by atoms with Gasteiger partial charge in [0.15, 0.2) is 5.96 Å². The van der Waals surface area contributed by atoms with Gasteiger partial charge in [-0.15, -0.1) is 0 Å². The second-order valence-electron chi connectivity index (χ2n) is 7.35. The molecule has 2 rings (SSSR count). The Bertz CT molecular complexity index is 741. The van der Waals surface area contributed by atoms with Gasteiger partial charge in [-0.2, -0.15) is 5.10 Å². The number of nitrogens with one attached hydrogen (secondary N) is 3. The largest absolute Gasteiger partial charge is 0.377 e. The number of hydrogen-bond acceptors (Lipinski definition) is 5. The van der Waals surface area contributed by atoms with Gasteiger partial charge in [0.1, 0.15) is 0 Å². The maximum absolute atomic E-state index is 12.2. The van der Waals surface area contributed by atoms with Crippen LogP contribution in [0.15, 0.2) is 11.1 Å². The number of aliphatic imine (C=N–C) groups is 1. The van der Waals surface area contributed by atoms with Crippen LogP contribution in [-0.2, 0) is 21.3 Å². The predicted octanol–water partition coefficient (Wildman–Crippen LogP) is 0.934. The molecule has 0 saturated carbocycles. The number of nitrogens with zero attached hydrogens (tertiary/aromatic N) is 3. The van der Waals surface area contributed by atoms with Crippen LogP contribution in [0, 0.1) is 13.8 Å². The lowest BCUT2D eigenvalue weighted by Gasteiger charge is -2.22. The third kappa shape index (κ3) is 9.14. The van der Waals surface area contributed by atoms with Gasteiger partial charge in [0.25, 0.3) is 0 Å². The van der Waals surface area contributed by atoms with E-state index in [9.17, 15) is 8.42 Å². The van der Waals surface area contributed by atoms with Crippen molar-refractivity contribution in [2.45, 2.75) is 59.1 Å². The highest BCUT2D eigenvalue weighted by atomic mass is 32.2. The molecular formula is C19H36N6O3S. The third-order valence-corrected chi connectivity index (χ3v) is 6.06. The van der Waals surface area contributed by atoms with Gasteiger partial charge in [0.05, 0.1) is 17.6 Å². The van der Waals surface area contributed by atoms with Crippen LogP contribution < -0.4 is 15.4 Å². The van der Waals surface area contributed by atoms with Crippen molar-refractivity contribution in [1.29, 1.82) is 0 Å². The molecule has 0 aromatic carbocycles. The summed E-state index contributed by atoms with van der Waals surface area (Å²) in [7, 11) is -3.34. The first-order chi connectivity index (χ1) is 13.9. The first-order valence-corrected chi connectivity index (χ1v) is 12.2. The molecule has 0 amide bonds. The number of hydrogen-bond donors (Lipinski definition) is 3. The zero-order valence-corrected chi connectivity index (χ0v) is 18.7. The van der Waals surface area contributed by atoms with Crippen molar-refractivity contribution in [3.8, 4) is 0 Å². The molecular weight excluding hydrogens is 392 g/mol. The Labute approximate surface area is 174 Å². The van der Waals surface area contributed by atoms with Gasteiger partial charge in [-0.25, -0.2) is 13.1 Å². The zero-order valence-electron chi connectivity index (χ0n) is 17.9. The zero-order chi connectivity index (χ0) is 21.1. The lowest BCUT2D eigenvalue weighted by Crippen LogP contribution is -2.42. The molecule has 1 unspecified atom stereocenters. The van der Waals surface area contributed by atoms with E-state index in [0.29, 0.717) is 32.1 Å². The summed E-state index contributed by atoms with van der Waals surface area (Å²) in [5.74, 6) is 0.627. The minimum absolute atomic E-state index is 0.00407. The summed E-state index contributed by atoms with van der Waals surface area (Å²) < 4.78 is 34.6. The quantitative estimate of drug-likeness (QED) is 0.275. The van der Waals surface area contributed by atoms with Crippen LogP contribution in [0.4, 0.5) is 0 Å². The molecule has 166 valence electrons. The van der Waals surface area contributed by atoms with Crippen molar-refractivity contribution in [3.63, 3.8) is 0 Å². The fourth-order valence-corrected chi connectivity index (χ4v) is 4.17. The molecule has 2 heterocycles. The van der Waals surface area contributed by atoms with E-state index in [1.165, 1.54) is 0 Å². The van der Waals surface area contributed by atoms with Gasteiger partial charge in [-0.1, -0.05) is 0 Å². The van der Waals surface area contributed by atoms with E-state index in [0.717, 1.165) is 50.2 Å². The van der Waals surface area contributed by atoms with Crippen molar-refractivity contribution >= 4 is 16.0 Å². The SMILES string of the molecule is CCNC(=NCCCn1nc(C)cc1C)NCCS(=O)(=O)NCC1CCCCO1. The Hall–Kier alpha value is -1.65. The molecule has 0 radical (unpaired) electrons. The van der Waals surface area contributed by atoms with Crippen molar-refractivity contribution in [2.24, 2.45) is 4.99 Å². The Morgan fingerprint density at radius 2 is 2.17 bits per heavy atom. The van der Waals surface area contributed by atoms with Gasteiger partial charge in [-0.05, 0) is 52.5 Å². The summed E-state index contributed by atoms with van der Waals surface area (Å²) in [5.41, 5.74) is 2.17. The second kappa shape index (κ2) is 12.1. The van der Waals surface area contributed by atoms with Gasteiger partial charge < -0.3 is 15.4 Å². The van der Waals surface area contributed by atoms with E-state index in [-0.39, 0.29) is 11.9 Å². The van der Waals surface area contributed by atoms with Crippen molar-refractivity contribution in [3.05, 3.63) is 17.5 Å². The van der Waals surface area contributed by atoms with Crippen LogP contribution in [-0.4, -0.2) is 68.8 Å². The number of rotatable bonds is 11. The van der Waals surface area contributed by atoms with Crippen molar-refractivity contribution in [2.75, 3.05) is 38.5 Å². The smallest absolute Gasteiger partial charge is 0.213 e. The Morgan fingerprint density at radius 1 is 1.34 bits per heavy atom. The molecule has 0 bridgehead atoms. The summed E-state index contributed by atoms with van der Waals surface area (Å²) in [6.07, 6.45) is 3.92. The first kappa shape index (κ1) is 23.6. The monoisotopic (exact) mass is 428 g/mol. The summed E-state index contributed by atoms with van der Waals surface area (Å²) in [6.45, 7) is 9.54. The van der Waals surface area contributed by atoms with E-state index in [1.54, 1.807) is 0 Å². The predicted molar refractivity (Wildman–Crippen MR) is 116 cm³/mol. The highest BCUT2D eigenvalue weighted by Crippen LogP contribution is 2.11. The number of ether oxygens (including phenoxy) is 1. The fraction of sp³-hybridized carbons (Fsp3) is 0.789. The molecule has 1 saturated heterocycles. The normalized spacial score (nSPS) is 18.0. The average molecular weight is 429 g/mol. The molecule has 9 nitrogen and oxygen atoms in total. The van der Waals surface area contributed by atoms with E-state index >= 15 is 0 Å². The van der Waals surface area contributed by atoms with Crippen LogP contribution >= 0.6 is 0 Å². The molecule has 1 aliphatic heterocycles. The molecule has 1 atom stereocenters. The number of aromatic nitrogens is 2. The Morgan fingerprint density at radius 3 is 2.83 bits per heavy atom. The first-order valence-electron chi connectivity index (χ1n) is 10.5. The van der Waals surface area contributed by atoms with Gasteiger partial charge >= 0.3 is 0 Å². The van der Waals surface area contributed by atoms with Gasteiger partial charge in [-0.3, -0.25) is 9.67 Å². The topological polar surface area (TPSA) is 110 Å². The van der Waals surface area contributed by atoms with Crippen LogP contribution in [0.25, 0.3) is 0 Å². The fourth-order valence-electron chi connectivity index (χ4n) is 3.22. The molecule has 0 aliphatic carbocycles. The van der Waals surface area contributed by atoms with Gasteiger partial charge in [0, 0.05) is 45.0 Å². The maximum atomic E-state index is 12.2. The standard InChI is InChI=1S/C19H36N6O3S/c1-4-20-19(21-9-7-11-25-17(3)14-16(2)24-25)22-10-13-29(26,27)23-15-18-8-5-6-12-28-18/h14,18,23H,4-13,15H2,1-3H3,(H2,20,21,22). The Kier molecular flexibility index (Phi) is 9.89. The van der Waals surface area contributed by atoms with E-state index in [2.05, 4.69) is 31.5 Å². The molecule has 10 heteroatoms. The minimum Gasteiger partial charge on any atom is -0.377 e. The Balaban J connectivity index is 1.69. The van der Waals surface area contributed by atoms with E-state index in [4.69, 9.17) is 4.74 Å². The summed E-state index contributed by atoms with van der Waals surface area (Å²) in [6, 6.07) is 2.06. The molecule has 1 aromatic rings. The minimum atomic E-state index is -3.34. The summed E-state index contributed by atoms with van der Waals surface area (Å²) >= 11 is 0. The lowest BCUT2D eigenvalue weighted by atomic mass is 10.1. The third-order valence-electron chi connectivity index (χ3n) is 4.71. The lowest BCUT2D eigenvalue weighted by molar-refractivity contribution is 0.0200. The molecule has 0 spiro atoms. The molecule has 29 heavy (non-hydrogen) atoms. The van der Waals surface area contributed by atoms with Crippen LogP contribution in [0.3, 0.4) is 0 Å². The van der Waals surface area contributed by atoms with Crippen molar-refractivity contribution in [1.82, 2.24) is 25.1 Å². The number of aryl methyl sites for hydroxylation is 3. The number of sulfonamides is 1. The van der Waals surface area contributed by atoms with Crippen molar-refractivity contribution < 1.29 is 13.2 Å². The van der Waals surface area contributed by atoms with E-state index < -0.39 is 10.0 Å². The molecule has 1 fully saturated rings. The summed E-state index contributed by atoms with van der Waals surface area (Å²) in [5, 5.41) is 10.7. The molecule has 1 aliphatic rings. The second-order valence-corrected chi connectivity index (χ2v) is 9.27. The van der Waals surface area contributed by atoms with Crippen LogP contribution in [0.2, 0.25) is 0 Å². The van der Waals surface area contributed by atoms with Crippen LogP contribution in [0.5, 0.6) is 0 Å². The average Bonchev–Trinajstić information content (AvgIpc) is 3.01. The van der Waals surface area contributed by atoms with Gasteiger partial charge in [0.2, 0.25) is 10.0 Å². The van der Waals surface area contributed by atoms with E-state index in [1.807, 2.05) is 25.5 Å².